The van der Waals surface area contributed by atoms with Gasteiger partial charge in [-0.05, 0) is 50.0 Å². The second kappa shape index (κ2) is 7.61. The van der Waals surface area contributed by atoms with E-state index in [-0.39, 0.29) is 24.8 Å². The Morgan fingerprint density at radius 2 is 2.10 bits per heavy atom. The molecule has 1 aromatic heterocycles. The van der Waals surface area contributed by atoms with Crippen LogP contribution in [-0.4, -0.2) is 30.0 Å². The van der Waals surface area contributed by atoms with Crippen molar-refractivity contribution in [1.29, 1.82) is 5.26 Å². The minimum atomic E-state index is 0. The van der Waals surface area contributed by atoms with Crippen LogP contribution in [0.3, 0.4) is 0 Å². The molecule has 0 N–H and O–H groups in total. The standard InChI is InChI=1S/C16H17N3.2ClH/c1-19-9-3-4-13(11-19)14-7-6-12(10-17)16-15(14)5-2-8-18-16;;/h2,5-8,13H,3-4,9,11H2,1H3;2*1H. The van der Waals surface area contributed by atoms with Gasteiger partial charge in [0.15, 0.2) is 0 Å². The second-order valence-electron chi connectivity index (χ2n) is 5.32. The van der Waals surface area contributed by atoms with Crippen molar-refractivity contribution in [3.63, 3.8) is 0 Å². The number of hydrogen-bond acceptors (Lipinski definition) is 3. The predicted octanol–water partition coefficient (Wildman–Crippen LogP) is 3.76. The molecule has 5 heteroatoms. The highest BCUT2D eigenvalue weighted by atomic mass is 35.5. The lowest BCUT2D eigenvalue weighted by Gasteiger charge is -2.30. The lowest BCUT2D eigenvalue weighted by atomic mass is 9.87. The van der Waals surface area contributed by atoms with Crippen LogP contribution in [0.5, 0.6) is 0 Å². The van der Waals surface area contributed by atoms with Crippen molar-refractivity contribution in [2.75, 3.05) is 20.1 Å². The predicted molar refractivity (Wildman–Crippen MR) is 90.4 cm³/mol. The van der Waals surface area contributed by atoms with Crippen LogP contribution in [0.2, 0.25) is 0 Å². The molecule has 2 heterocycles. The molecule has 0 aliphatic carbocycles. The summed E-state index contributed by atoms with van der Waals surface area (Å²) in [6.07, 6.45) is 4.23. The molecule has 0 saturated carbocycles. The fourth-order valence-electron chi connectivity index (χ4n) is 3.06. The van der Waals surface area contributed by atoms with Gasteiger partial charge >= 0.3 is 0 Å². The zero-order valence-corrected chi connectivity index (χ0v) is 13.6. The second-order valence-corrected chi connectivity index (χ2v) is 5.32. The van der Waals surface area contributed by atoms with E-state index in [2.05, 4.69) is 35.1 Å². The number of nitrogens with zero attached hydrogens (tertiary/aromatic N) is 3. The van der Waals surface area contributed by atoms with Crippen LogP contribution in [0.4, 0.5) is 0 Å². The van der Waals surface area contributed by atoms with Gasteiger partial charge in [-0.3, -0.25) is 4.98 Å². The number of piperidine rings is 1. The van der Waals surface area contributed by atoms with Gasteiger partial charge in [-0.2, -0.15) is 5.26 Å². The molecule has 3 rings (SSSR count). The summed E-state index contributed by atoms with van der Waals surface area (Å²) in [6, 6.07) is 10.3. The van der Waals surface area contributed by atoms with Crippen LogP contribution >= 0.6 is 24.8 Å². The Morgan fingerprint density at radius 3 is 2.81 bits per heavy atom. The van der Waals surface area contributed by atoms with Crippen molar-refractivity contribution >= 4 is 35.7 Å². The first-order chi connectivity index (χ1) is 9.29. The molecule has 2 aromatic rings. The molecule has 1 unspecified atom stereocenters. The van der Waals surface area contributed by atoms with E-state index < -0.39 is 0 Å². The molecule has 1 fully saturated rings. The van der Waals surface area contributed by atoms with Crippen LogP contribution in [-0.2, 0) is 0 Å². The zero-order valence-electron chi connectivity index (χ0n) is 12.0. The molecular formula is C16H19Cl2N3. The highest BCUT2D eigenvalue weighted by Crippen LogP contribution is 2.32. The fraction of sp³-hybridized carbons (Fsp3) is 0.375. The molecule has 112 valence electrons. The maximum atomic E-state index is 9.18. The Hall–Kier alpha value is -1.34. The van der Waals surface area contributed by atoms with E-state index in [0.717, 1.165) is 17.4 Å². The zero-order chi connectivity index (χ0) is 13.2. The first-order valence-corrected chi connectivity index (χ1v) is 6.76. The first kappa shape index (κ1) is 17.7. The largest absolute Gasteiger partial charge is 0.306 e. The van der Waals surface area contributed by atoms with Crippen molar-refractivity contribution in [3.8, 4) is 6.07 Å². The summed E-state index contributed by atoms with van der Waals surface area (Å²) in [5.74, 6) is 0.554. The normalized spacial score (nSPS) is 18.4. The van der Waals surface area contributed by atoms with Crippen molar-refractivity contribution in [2.24, 2.45) is 0 Å². The summed E-state index contributed by atoms with van der Waals surface area (Å²) in [5, 5.41) is 10.3. The van der Waals surface area contributed by atoms with Gasteiger partial charge in [0.05, 0.1) is 11.1 Å². The molecule has 21 heavy (non-hydrogen) atoms. The molecule has 1 atom stereocenters. The van der Waals surface area contributed by atoms with E-state index >= 15 is 0 Å². The average Bonchev–Trinajstić information content (AvgIpc) is 2.46. The lowest BCUT2D eigenvalue weighted by molar-refractivity contribution is 0.251. The summed E-state index contributed by atoms with van der Waals surface area (Å²) >= 11 is 0. The number of likely N-dealkylation sites (N-methyl/N-ethyl adjacent to an activating group) is 1. The summed E-state index contributed by atoms with van der Waals surface area (Å²) in [7, 11) is 2.18. The summed E-state index contributed by atoms with van der Waals surface area (Å²) < 4.78 is 0. The Labute approximate surface area is 137 Å². The third-order valence-electron chi connectivity index (χ3n) is 3.99. The Kier molecular flexibility index (Phi) is 6.42. The van der Waals surface area contributed by atoms with E-state index in [9.17, 15) is 5.26 Å². The van der Waals surface area contributed by atoms with Crippen molar-refractivity contribution < 1.29 is 0 Å². The van der Waals surface area contributed by atoms with Crippen LogP contribution < -0.4 is 0 Å². The third kappa shape index (κ3) is 3.47. The lowest BCUT2D eigenvalue weighted by Crippen LogP contribution is -2.30. The number of likely N-dealkylation sites (tertiary alicyclic amines) is 1. The highest BCUT2D eigenvalue weighted by molar-refractivity contribution is 5.87. The molecule has 1 aromatic carbocycles. The van der Waals surface area contributed by atoms with Crippen molar-refractivity contribution in [3.05, 3.63) is 41.6 Å². The number of rotatable bonds is 1. The van der Waals surface area contributed by atoms with E-state index in [0.29, 0.717) is 11.5 Å². The average molecular weight is 324 g/mol. The monoisotopic (exact) mass is 323 g/mol. The van der Waals surface area contributed by atoms with E-state index in [1.165, 1.54) is 24.9 Å². The molecule has 0 radical (unpaired) electrons. The third-order valence-corrected chi connectivity index (χ3v) is 3.99. The minimum Gasteiger partial charge on any atom is -0.306 e. The minimum absolute atomic E-state index is 0. The van der Waals surface area contributed by atoms with Gasteiger partial charge in [-0.1, -0.05) is 12.1 Å². The molecular weight excluding hydrogens is 305 g/mol. The molecule has 0 amide bonds. The molecule has 1 aliphatic rings. The topological polar surface area (TPSA) is 39.9 Å². The first-order valence-electron chi connectivity index (χ1n) is 6.76. The van der Waals surface area contributed by atoms with Gasteiger partial charge < -0.3 is 4.90 Å². The Balaban J connectivity index is 0.00000110. The number of aromatic nitrogens is 1. The summed E-state index contributed by atoms with van der Waals surface area (Å²) in [5.41, 5.74) is 2.85. The number of halogens is 2. The Morgan fingerprint density at radius 1 is 1.29 bits per heavy atom. The number of benzene rings is 1. The van der Waals surface area contributed by atoms with Gasteiger partial charge in [0.2, 0.25) is 0 Å². The number of pyridine rings is 1. The summed E-state index contributed by atoms with van der Waals surface area (Å²) in [6.45, 7) is 2.28. The van der Waals surface area contributed by atoms with Crippen LogP contribution in [0.25, 0.3) is 10.9 Å². The van der Waals surface area contributed by atoms with E-state index in [1.54, 1.807) is 6.20 Å². The number of hydrogen-bond donors (Lipinski definition) is 0. The maximum Gasteiger partial charge on any atom is 0.101 e. The van der Waals surface area contributed by atoms with Gasteiger partial charge in [-0.15, -0.1) is 24.8 Å². The van der Waals surface area contributed by atoms with Crippen LogP contribution in [0.1, 0.15) is 29.9 Å². The van der Waals surface area contributed by atoms with Crippen LogP contribution in [0.15, 0.2) is 30.5 Å². The van der Waals surface area contributed by atoms with Gasteiger partial charge in [0, 0.05) is 18.1 Å². The highest BCUT2D eigenvalue weighted by Gasteiger charge is 2.21. The quantitative estimate of drug-likeness (QED) is 0.802. The molecule has 0 bridgehead atoms. The van der Waals surface area contributed by atoms with Gasteiger partial charge in [-0.25, -0.2) is 0 Å². The SMILES string of the molecule is CN1CCCC(c2ccc(C#N)c3ncccc23)C1.Cl.Cl. The Bertz CT molecular complexity index is 652. The molecule has 1 saturated heterocycles. The van der Waals surface area contributed by atoms with E-state index in [1.807, 2.05) is 12.1 Å². The van der Waals surface area contributed by atoms with Crippen molar-refractivity contribution in [2.45, 2.75) is 18.8 Å². The van der Waals surface area contributed by atoms with Crippen LogP contribution in [0, 0.1) is 11.3 Å². The molecule has 3 nitrogen and oxygen atoms in total. The molecule has 0 spiro atoms. The van der Waals surface area contributed by atoms with Crippen molar-refractivity contribution in [1.82, 2.24) is 9.88 Å². The maximum absolute atomic E-state index is 9.18. The number of nitriles is 1. The van der Waals surface area contributed by atoms with Gasteiger partial charge in [0.1, 0.15) is 6.07 Å². The molecule has 1 aliphatic heterocycles. The van der Waals surface area contributed by atoms with Gasteiger partial charge in [0.25, 0.3) is 0 Å². The smallest absolute Gasteiger partial charge is 0.101 e. The fourth-order valence-corrected chi connectivity index (χ4v) is 3.06. The number of fused-ring (bicyclic) bond motifs is 1. The summed E-state index contributed by atoms with van der Waals surface area (Å²) in [4.78, 5) is 6.77. The van der Waals surface area contributed by atoms with E-state index in [4.69, 9.17) is 0 Å².